The second-order valence-corrected chi connectivity index (χ2v) is 4.62. The lowest BCUT2D eigenvalue weighted by Gasteiger charge is -2.18. The van der Waals surface area contributed by atoms with Gasteiger partial charge < -0.3 is 15.1 Å². The molecular weight excluding hydrogens is 289 g/mol. The SMILES string of the molecule is O=C(C=Cc1cc(Cl)ccc1Cl)N(CCO)CCO. The van der Waals surface area contributed by atoms with Gasteiger partial charge in [-0.1, -0.05) is 23.2 Å². The van der Waals surface area contributed by atoms with E-state index in [1.54, 1.807) is 24.3 Å². The van der Waals surface area contributed by atoms with Crippen molar-refractivity contribution in [3.05, 3.63) is 39.9 Å². The molecule has 0 fully saturated rings. The zero-order chi connectivity index (χ0) is 14.3. The van der Waals surface area contributed by atoms with Gasteiger partial charge in [0.2, 0.25) is 5.91 Å². The van der Waals surface area contributed by atoms with E-state index in [1.165, 1.54) is 11.0 Å². The first-order valence-electron chi connectivity index (χ1n) is 5.72. The van der Waals surface area contributed by atoms with Crippen LogP contribution in [0.4, 0.5) is 0 Å². The maximum Gasteiger partial charge on any atom is 0.246 e. The first-order chi connectivity index (χ1) is 9.08. The topological polar surface area (TPSA) is 60.8 Å². The highest BCUT2D eigenvalue weighted by Crippen LogP contribution is 2.21. The molecule has 2 N–H and O–H groups in total. The standard InChI is InChI=1S/C13H15Cl2NO3/c14-11-2-3-12(15)10(9-11)1-4-13(19)16(5-7-17)6-8-18/h1-4,9,17-18H,5-8H2. The number of hydrogen-bond donors (Lipinski definition) is 2. The summed E-state index contributed by atoms with van der Waals surface area (Å²) in [6, 6.07) is 4.95. The molecule has 0 aliphatic heterocycles. The van der Waals surface area contributed by atoms with Gasteiger partial charge in [-0.15, -0.1) is 0 Å². The zero-order valence-electron chi connectivity index (χ0n) is 10.2. The second kappa shape index (κ2) is 8.17. The van der Waals surface area contributed by atoms with Crippen LogP contribution in [0.15, 0.2) is 24.3 Å². The fourth-order valence-corrected chi connectivity index (χ4v) is 1.84. The highest BCUT2D eigenvalue weighted by atomic mass is 35.5. The van der Waals surface area contributed by atoms with Crippen molar-refractivity contribution < 1.29 is 15.0 Å². The Morgan fingerprint density at radius 1 is 1.21 bits per heavy atom. The van der Waals surface area contributed by atoms with Gasteiger partial charge in [-0.25, -0.2) is 0 Å². The summed E-state index contributed by atoms with van der Waals surface area (Å²) in [5, 5.41) is 18.7. The Morgan fingerprint density at radius 2 is 1.84 bits per heavy atom. The normalized spacial score (nSPS) is 10.9. The van der Waals surface area contributed by atoms with Gasteiger partial charge >= 0.3 is 0 Å². The van der Waals surface area contributed by atoms with Crippen LogP contribution in [0.3, 0.4) is 0 Å². The minimum Gasteiger partial charge on any atom is -0.395 e. The Morgan fingerprint density at radius 3 is 2.42 bits per heavy atom. The molecule has 0 unspecified atom stereocenters. The minimum absolute atomic E-state index is 0.155. The van der Waals surface area contributed by atoms with Gasteiger partial charge in [0.05, 0.1) is 13.2 Å². The number of halogens is 2. The molecule has 4 nitrogen and oxygen atoms in total. The Hall–Kier alpha value is -1.07. The average molecular weight is 304 g/mol. The molecule has 0 spiro atoms. The average Bonchev–Trinajstić information content (AvgIpc) is 2.39. The van der Waals surface area contributed by atoms with Crippen molar-refractivity contribution in [2.75, 3.05) is 26.3 Å². The van der Waals surface area contributed by atoms with Crippen LogP contribution in [0.5, 0.6) is 0 Å². The zero-order valence-corrected chi connectivity index (χ0v) is 11.7. The minimum atomic E-state index is -0.306. The van der Waals surface area contributed by atoms with Crippen LogP contribution in [0.1, 0.15) is 5.56 Å². The van der Waals surface area contributed by atoms with Crippen molar-refractivity contribution in [2.45, 2.75) is 0 Å². The summed E-state index contributed by atoms with van der Waals surface area (Å²) >= 11 is 11.8. The number of nitrogens with zero attached hydrogens (tertiary/aromatic N) is 1. The van der Waals surface area contributed by atoms with Gasteiger partial charge in [-0.3, -0.25) is 4.79 Å². The third-order valence-electron chi connectivity index (χ3n) is 2.42. The summed E-state index contributed by atoms with van der Waals surface area (Å²) in [6.45, 7) is 0.0367. The molecule has 1 amide bonds. The fraction of sp³-hybridized carbons (Fsp3) is 0.308. The van der Waals surface area contributed by atoms with Crippen LogP contribution in [0.2, 0.25) is 10.0 Å². The highest BCUT2D eigenvalue weighted by molar-refractivity contribution is 6.34. The Balaban J connectivity index is 2.78. The van der Waals surface area contributed by atoms with E-state index in [0.29, 0.717) is 15.6 Å². The lowest BCUT2D eigenvalue weighted by molar-refractivity contribution is -0.126. The molecule has 104 valence electrons. The van der Waals surface area contributed by atoms with Crippen LogP contribution in [0.25, 0.3) is 6.08 Å². The van der Waals surface area contributed by atoms with Crippen molar-refractivity contribution in [3.63, 3.8) is 0 Å². The molecule has 0 aliphatic rings. The number of aliphatic hydroxyl groups excluding tert-OH is 2. The van der Waals surface area contributed by atoms with Crippen molar-refractivity contribution >= 4 is 35.2 Å². The number of aliphatic hydroxyl groups is 2. The van der Waals surface area contributed by atoms with Crippen LogP contribution in [0, 0.1) is 0 Å². The molecule has 19 heavy (non-hydrogen) atoms. The first kappa shape index (κ1) is 16.0. The van der Waals surface area contributed by atoms with E-state index in [2.05, 4.69) is 0 Å². The molecular formula is C13H15Cl2NO3. The molecule has 0 atom stereocenters. The number of benzene rings is 1. The smallest absolute Gasteiger partial charge is 0.246 e. The molecule has 0 radical (unpaired) electrons. The van der Waals surface area contributed by atoms with E-state index in [1.807, 2.05) is 0 Å². The molecule has 1 aromatic rings. The highest BCUT2D eigenvalue weighted by Gasteiger charge is 2.09. The summed E-state index contributed by atoms with van der Waals surface area (Å²) in [5.74, 6) is -0.306. The van der Waals surface area contributed by atoms with Gasteiger partial charge in [0.15, 0.2) is 0 Å². The van der Waals surface area contributed by atoms with E-state index in [9.17, 15) is 4.79 Å². The third kappa shape index (κ3) is 5.20. The summed E-state index contributed by atoms with van der Waals surface area (Å²) in [4.78, 5) is 13.2. The molecule has 0 heterocycles. The summed E-state index contributed by atoms with van der Waals surface area (Å²) in [5.41, 5.74) is 0.635. The van der Waals surface area contributed by atoms with Gasteiger partial charge in [0, 0.05) is 29.2 Å². The van der Waals surface area contributed by atoms with Crippen LogP contribution >= 0.6 is 23.2 Å². The number of rotatable bonds is 6. The number of carbonyl (C=O) groups excluding carboxylic acids is 1. The van der Waals surface area contributed by atoms with Crippen LogP contribution in [-0.2, 0) is 4.79 Å². The van der Waals surface area contributed by atoms with Gasteiger partial charge in [0.1, 0.15) is 0 Å². The predicted molar refractivity (Wildman–Crippen MR) is 76.2 cm³/mol. The van der Waals surface area contributed by atoms with E-state index >= 15 is 0 Å². The molecule has 0 aliphatic carbocycles. The lowest BCUT2D eigenvalue weighted by atomic mass is 10.2. The van der Waals surface area contributed by atoms with E-state index in [-0.39, 0.29) is 32.2 Å². The maximum atomic E-state index is 11.8. The largest absolute Gasteiger partial charge is 0.395 e. The summed E-state index contributed by atoms with van der Waals surface area (Å²) < 4.78 is 0. The maximum absolute atomic E-state index is 11.8. The van der Waals surface area contributed by atoms with Crippen molar-refractivity contribution in [3.8, 4) is 0 Å². The number of carbonyl (C=O) groups is 1. The first-order valence-corrected chi connectivity index (χ1v) is 6.48. The van der Waals surface area contributed by atoms with E-state index in [4.69, 9.17) is 33.4 Å². The Kier molecular flexibility index (Phi) is 6.87. The van der Waals surface area contributed by atoms with Crippen molar-refractivity contribution in [1.29, 1.82) is 0 Å². The molecule has 0 saturated carbocycles. The molecule has 1 aromatic carbocycles. The molecule has 6 heteroatoms. The molecule has 0 aromatic heterocycles. The fourth-order valence-electron chi connectivity index (χ4n) is 1.48. The molecule has 1 rings (SSSR count). The van der Waals surface area contributed by atoms with Crippen molar-refractivity contribution in [2.24, 2.45) is 0 Å². The van der Waals surface area contributed by atoms with E-state index in [0.717, 1.165) is 0 Å². The monoisotopic (exact) mass is 303 g/mol. The Bertz CT molecular complexity index is 457. The van der Waals surface area contributed by atoms with Gasteiger partial charge in [-0.05, 0) is 29.8 Å². The predicted octanol–water partition coefficient (Wildman–Crippen LogP) is 1.82. The second-order valence-electron chi connectivity index (χ2n) is 3.77. The van der Waals surface area contributed by atoms with Crippen molar-refractivity contribution in [1.82, 2.24) is 4.90 Å². The molecule has 0 saturated heterocycles. The lowest BCUT2D eigenvalue weighted by Crippen LogP contribution is -2.34. The van der Waals surface area contributed by atoms with Crippen LogP contribution in [-0.4, -0.2) is 47.3 Å². The number of amides is 1. The molecule has 0 bridgehead atoms. The van der Waals surface area contributed by atoms with Gasteiger partial charge in [0.25, 0.3) is 0 Å². The van der Waals surface area contributed by atoms with Gasteiger partial charge in [-0.2, -0.15) is 0 Å². The Labute approximate surface area is 121 Å². The third-order valence-corrected chi connectivity index (χ3v) is 2.99. The summed E-state index contributed by atoms with van der Waals surface area (Å²) in [6.07, 6.45) is 2.89. The quantitative estimate of drug-likeness (QED) is 0.788. The van der Waals surface area contributed by atoms with E-state index < -0.39 is 0 Å². The van der Waals surface area contributed by atoms with Crippen LogP contribution < -0.4 is 0 Å². The number of hydrogen-bond acceptors (Lipinski definition) is 3. The summed E-state index contributed by atoms with van der Waals surface area (Å²) in [7, 11) is 0.